The van der Waals surface area contributed by atoms with Gasteiger partial charge >= 0.3 is 5.97 Å². The van der Waals surface area contributed by atoms with Crippen molar-refractivity contribution in [2.45, 2.75) is 6.42 Å². The van der Waals surface area contributed by atoms with Gasteiger partial charge in [-0.05, 0) is 29.3 Å². The van der Waals surface area contributed by atoms with Crippen LogP contribution in [0.1, 0.15) is 16.1 Å². The van der Waals surface area contributed by atoms with Gasteiger partial charge in [-0.3, -0.25) is 0 Å². The second-order valence-electron chi connectivity index (χ2n) is 3.99. The van der Waals surface area contributed by atoms with Gasteiger partial charge in [-0.1, -0.05) is 6.07 Å². The second-order valence-corrected chi connectivity index (χ2v) is 3.99. The highest BCUT2D eigenvalue weighted by Gasteiger charge is 2.16. The van der Waals surface area contributed by atoms with Crippen molar-refractivity contribution in [1.82, 2.24) is 4.98 Å². The predicted octanol–water partition coefficient (Wildman–Crippen LogP) is 2.31. The molecule has 3 rings (SSSR count). The molecule has 1 aromatic carbocycles. The number of hydrogen-bond donors (Lipinski definition) is 2. The Morgan fingerprint density at radius 3 is 3.06 bits per heavy atom. The lowest BCUT2D eigenvalue weighted by Crippen LogP contribution is -1.98. The van der Waals surface area contributed by atoms with Crippen LogP contribution in [0.4, 0.5) is 0 Å². The maximum atomic E-state index is 11.0. The number of aromatic nitrogens is 1. The number of hydrogen-bond acceptors (Lipinski definition) is 2. The first-order chi connectivity index (χ1) is 8.25. The number of aromatic amines is 1. The van der Waals surface area contributed by atoms with E-state index in [2.05, 4.69) is 4.98 Å². The molecular formula is C13H11NO3. The number of H-pyrrole nitrogens is 1. The zero-order valence-corrected chi connectivity index (χ0v) is 9.06. The summed E-state index contributed by atoms with van der Waals surface area (Å²) >= 11 is 0. The topological polar surface area (TPSA) is 62.3 Å². The zero-order chi connectivity index (χ0) is 11.8. The second kappa shape index (κ2) is 3.66. The highest BCUT2D eigenvalue weighted by atomic mass is 16.5. The number of aromatic carboxylic acids is 1. The minimum Gasteiger partial charge on any atom is -0.493 e. The number of ether oxygens (including phenoxy) is 1. The van der Waals surface area contributed by atoms with Crippen LogP contribution in [0.3, 0.4) is 0 Å². The molecule has 4 nitrogen and oxygen atoms in total. The first-order valence-corrected chi connectivity index (χ1v) is 5.42. The lowest BCUT2D eigenvalue weighted by Gasteiger charge is -2.03. The van der Waals surface area contributed by atoms with Crippen molar-refractivity contribution in [1.29, 1.82) is 0 Å². The van der Waals surface area contributed by atoms with Crippen molar-refractivity contribution in [3.05, 3.63) is 41.7 Å². The van der Waals surface area contributed by atoms with E-state index < -0.39 is 5.97 Å². The van der Waals surface area contributed by atoms with E-state index in [-0.39, 0.29) is 5.69 Å². The molecule has 0 unspecified atom stereocenters. The Kier molecular flexibility index (Phi) is 2.14. The highest BCUT2D eigenvalue weighted by Crippen LogP contribution is 2.31. The SMILES string of the molecule is O=C(O)c1[nH]ccc1-c1ccc2c(c1)CCO2. The smallest absolute Gasteiger partial charge is 0.352 e. The Balaban J connectivity index is 2.09. The molecule has 1 aliphatic rings. The number of rotatable bonds is 2. The molecule has 2 N–H and O–H groups in total. The third-order valence-electron chi connectivity index (χ3n) is 2.96. The summed E-state index contributed by atoms with van der Waals surface area (Å²) in [6.07, 6.45) is 2.53. The molecule has 1 aromatic heterocycles. The molecule has 86 valence electrons. The predicted molar refractivity (Wildman–Crippen MR) is 62.4 cm³/mol. The number of carboxylic acid groups (broad SMARTS) is 1. The third-order valence-corrected chi connectivity index (χ3v) is 2.96. The van der Waals surface area contributed by atoms with Crippen LogP contribution in [-0.4, -0.2) is 22.7 Å². The molecule has 0 amide bonds. The molecule has 17 heavy (non-hydrogen) atoms. The summed E-state index contributed by atoms with van der Waals surface area (Å²) in [6.45, 7) is 0.706. The van der Waals surface area contributed by atoms with E-state index in [1.807, 2.05) is 18.2 Å². The highest BCUT2D eigenvalue weighted by molar-refractivity contribution is 5.94. The lowest BCUT2D eigenvalue weighted by molar-refractivity contribution is 0.0692. The molecule has 0 atom stereocenters. The minimum absolute atomic E-state index is 0.226. The molecule has 0 fully saturated rings. The fraction of sp³-hybridized carbons (Fsp3) is 0.154. The standard InChI is InChI=1S/C13H11NO3/c15-13(16)12-10(3-5-14-12)8-1-2-11-9(7-8)4-6-17-11/h1-3,5,7,14H,4,6H2,(H,15,16). The molecule has 2 heterocycles. The van der Waals surface area contributed by atoms with Gasteiger partial charge in [-0.15, -0.1) is 0 Å². The monoisotopic (exact) mass is 229 g/mol. The summed E-state index contributed by atoms with van der Waals surface area (Å²) in [4.78, 5) is 13.8. The molecule has 0 saturated heterocycles. The van der Waals surface area contributed by atoms with E-state index in [1.165, 1.54) is 0 Å². The minimum atomic E-state index is -0.943. The van der Waals surface area contributed by atoms with Crippen molar-refractivity contribution in [3.63, 3.8) is 0 Å². The lowest BCUT2D eigenvalue weighted by atomic mass is 10.0. The largest absolute Gasteiger partial charge is 0.493 e. The molecule has 4 heteroatoms. The van der Waals surface area contributed by atoms with Crippen LogP contribution in [0.15, 0.2) is 30.5 Å². The van der Waals surface area contributed by atoms with Gasteiger partial charge < -0.3 is 14.8 Å². The van der Waals surface area contributed by atoms with E-state index in [1.54, 1.807) is 12.3 Å². The summed E-state index contributed by atoms with van der Waals surface area (Å²) in [6, 6.07) is 7.56. The van der Waals surface area contributed by atoms with Crippen LogP contribution in [-0.2, 0) is 6.42 Å². The molecule has 0 bridgehead atoms. The third kappa shape index (κ3) is 1.58. The van der Waals surface area contributed by atoms with Crippen LogP contribution in [0, 0.1) is 0 Å². The Bertz CT molecular complexity index is 586. The van der Waals surface area contributed by atoms with Crippen molar-refractivity contribution in [2.75, 3.05) is 6.61 Å². The summed E-state index contributed by atoms with van der Waals surface area (Å²) in [5, 5.41) is 9.05. The van der Waals surface area contributed by atoms with E-state index in [0.717, 1.165) is 23.3 Å². The van der Waals surface area contributed by atoms with Crippen LogP contribution >= 0.6 is 0 Å². The van der Waals surface area contributed by atoms with Crippen LogP contribution in [0.25, 0.3) is 11.1 Å². The average Bonchev–Trinajstić information content (AvgIpc) is 2.96. The molecule has 2 aromatic rings. The summed E-state index contributed by atoms with van der Waals surface area (Å²) < 4.78 is 5.42. The molecule has 1 aliphatic heterocycles. The van der Waals surface area contributed by atoms with Crippen molar-refractivity contribution in [2.24, 2.45) is 0 Å². The fourth-order valence-electron chi connectivity index (χ4n) is 2.14. The van der Waals surface area contributed by atoms with Gasteiger partial charge in [0.1, 0.15) is 11.4 Å². The molecule has 0 saturated carbocycles. The normalized spacial score (nSPS) is 13.2. The van der Waals surface area contributed by atoms with E-state index in [9.17, 15) is 4.79 Å². The van der Waals surface area contributed by atoms with Gasteiger partial charge in [0, 0.05) is 18.2 Å². The first-order valence-electron chi connectivity index (χ1n) is 5.42. The number of nitrogens with one attached hydrogen (secondary N) is 1. The Labute approximate surface area is 97.9 Å². The Hall–Kier alpha value is -2.23. The Morgan fingerprint density at radius 2 is 2.24 bits per heavy atom. The number of fused-ring (bicyclic) bond motifs is 1. The number of carbonyl (C=O) groups is 1. The van der Waals surface area contributed by atoms with Gasteiger partial charge in [0.15, 0.2) is 0 Å². The van der Waals surface area contributed by atoms with Gasteiger partial charge in [-0.25, -0.2) is 4.79 Å². The number of carboxylic acids is 1. The van der Waals surface area contributed by atoms with E-state index in [0.29, 0.717) is 12.2 Å². The van der Waals surface area contributed by atoms with E-state index in [4.69, 9.17) is 9.84 Å². The Morgan fingerprint density at radius 1 is 1.35 bits per heavy atom. The summed E-state index contributed by atoms with van der Waals surface area (Å²) in [5.41, 5.74) is 2.99. The van der Waals surface area contributed by atoms with E-state index >= 15 is 0 Å². The molecule has 0 aliphatic carbocycles. The van der Waals surface area contributed by atoms with Crippen molar-refractivity contribution in [3.8, 4) is 16.9 Å². The van der Waals surface area contributed by atoms with Crippen molar-refractivity contribution < 1.29 is 14.6 Å². The van der Waals surface area contributed by atoms with Gasteiger partial charge in [0.25, 0.3) is 0 Å². The maximum absolute atomic E-state index is 11.0. The van der Waals surface area contributed by atoms with Crippen LogP contribution in [0.2, 0.25) is 0 Å². The van der Waals surface area contributed by atoms with Crippen LogP contribution < -0.4 is 4.74 Å². The molecule has 0 spiro atoms. The molecular weight excluding hydrogens is 218 g/mol. The molecule has 0 radical (unpaired) electrons. The number of benzene rings is 1. The van der Waals surface area contributed by atoms with Gasteiger partial charge in [-0.2, -0.15) is 0 Å². The van der Waals surface area contributed by atoms with Gasteiger partial charge in [0.2, 0.25) is 0 Å². The first kappa shape index (κ1) is 9.96. The van der Waals surface area contributed by atoms with Gasteiger partial charge in [0.05, 0.1) is 6.61 Å². The average molecular weight is 229 g/mol. The zero-order valence-electron chi connectivity index (χ0n) is 9.06. The maximum Gasteiger partial charge on any atom is 0.352 e. The summed E-state index contributed by atoms with van der Waals surface area (Å²) in [5.74, 6) is -0.0390. The fourth-order valence-corrected chi connectivity index (χ4v) is 2.14. The summed E-state index contributed by atoms with van der Waals surface area (Å²) in [7, 11) is 0. The quantitative estimate of drug-likeness (QED) is 0.830. The van der Waals surface area contributed by atoms with Crippen molar-refractivity contribution >= 4 is 5.97 Å². The van der Waals surface area contributed by atoms with Crippen LogP contribution in [0.5, 0.6) is 5.75 Å².